The lowest BCUT2D eigenvalue weighted by molar-refractivity contribution is -0.385. The van der Waals surface area contributed by atoms with Gasteiger partial charge in [0.05, 0.1) is 11.0 Å². The first-order valence-corrected chi connectivity index (χ1v) is 8.02. The Balaban J connectivity index is 1.90. The molecule has 2 bridgehead atoms. The third kappa shape index (κ3) is 2.21. The maximum atomic E-state index is 13.5. The van der Waals surface area contributed by atoms with E-state index >= 15 is 0 Å². The van der Waals surface area contributed by atoms with Crippen molar-refractivity contribution in [1.82, 2.24) is 5.32 Å². The van der Waals surface area contributed by atoms with Crippen LogP contribution >= 0.6 is 0 Å². The molecular weight excluding hydrogens is 318 g/mol. The van der Waals surface area contributed by atoms with E-state index in [1.54, 1.807) is 0 Å². The van der Waals surface area contributed by atoms with Crippen molar-refractivity contribution in [3.63, 3.8) is 0 Å². The molecule has 5 nitrogen and oxygen atoms in total. The van der Waals surface area contributed by atoms with Crippen LogP contribution in [0.5, 0.6) is 0 Å². The van der Waals surface area contributed by atoms with E-state index in [1.807, 2.05) is 0 Å². The molecule has 0 heterocycles. The van der Waals surface area contributed by atoms with Gasteiger partial charge in [-0.05, 0) is 42.1 Å². The molecule has 1 amide bonds. The number of fused-ring (bicyclic) bond motifs is 2. The highest BCUT2D eigenvalue weighted by molar-refractivity contribution is 5.98. The van der Waals surface area contributed by atoms with Gasteiger partial charge >= 0.3 is 0 Å². The molecule has 0 aliphatic heterocycles. The summed E-state index contributed by atoms with van der Waals surface area (Å²) < 4.78 is 26.7. The van der Waals surface area contributed by atoms with Gasteiger partial charge in [-0.25, -0.2) is 8.78 Å². The van der Waals surface area contributed by atoms with E-state index in [0.29, 0.717) is 18.1 Å². The fourth-order valence-electron chi connectivity index (χ4n) is 4.53. The summed E-state index contributed by atoms with van der Waals surface area (Å²) in [6.07, 6.45) is 2.86. The number of hydrogen-bond acceptors (Lipinski definition) is 3. The minimum atomic E-state index is -1.34. The number of nitrogens with one attached hydrogen (secondary N) is 1. The fourth-order valence-corrected chi connectivity index (χ4v) is 4.53. The van der Waals surface area contributed by atoms with Gasteiger partial charge < -0.3 is 5.32 Å². The first-order chi connectivity index (χ1) is 11.1. The predicted octanol–water partition coefficient (Wildman–Crippen LogP) is 3.82. The van der Waals surface area contributed by atoms with Crippen molar-refractivity contribution in [2.45, 2.75) is 46.1 Å². The number of carbonyl (C=O) groups is 1. The zero-order chi connectivity index (χ0) is 17.9. The summed E-state index contributed by atoms with van der Waals surface area (Å²) >= 11 is 0. The van der Waals surface area contributed by atoms with E-state index in [1.165, 1.54) is 0 Å². The van der Waals surface area contributed by atoms with Crippen LogP contribution in [0.1, 0.15) is 50.4 Å². The quantitative estimate of drug-likeness (QED) is 0.673. The molecule has 7 heteroatoms. The summed E-state index contributed by atoms with van der Waals surface area (Å²) in [6.45, 7) is 6.47. The molecule has 1 N–H and O–H groups in total. The summed E-state index contributed by atoms with van der Waals surface area (Å²) in [6, 6.07) is 0.923. The van der Waals surface area contributed by atoms with Crippen molar-refractivity contribution in [1.29, 1.82) is 0 Å². The molecule has 2 saturated carbocycles. The molecule has 130 valence electrons. The van der Waals surface area contributed by atoms with E-state index in [9.17, 15) is 23.7 Å². The van der Waals surface area contributed by atoms with Crippen LogP contribution in [-0.2, 0) is 0 Å². The molecule has 3 unspecified atom stereocenters. The number of nitro groups is 1. The standard InChI is InChI=1S/C17H20F2N2O3/c1-16(2)9-4-5-17(16,3)14(6-9)20-15(22)10-7-11(18)12(19)8-13(10)21(23)24/h7-9,14H,4-6H2,1-3H3,(H,20,22). The fraction of sp³-hybridized carbons (Fsp3) is 0.588. The molecule has 3 rings (SSSR count). The largest absolute Gasteiger partial charge is 0.349 e. The Morgan fingerprint density at radius 2 is 1.92 bits per heavy atom. The Hall–Kier alpha value is -2.05. The molecule has 0 spiro atoms. The van der Waals surface area contributed by atoms with Crippen LogP contribution in [0, 0.1) is 38.5 Å². The van der Waals surface area contributed by atoms with Crippen LogP contribution in [0.2, 0.25) is 0 Å². The molecule has 2 aliphatic rings. The van der Waals surface area contributed by atoms with Gasteiger partial charge in [0.25, 0.3) is 11.6 Å². The van der Waals surface area contributed by atoms with Crippen LogP contribution in [0.25, 0.3) is 0 Å². The summed E-state index contributed by atoms with van der Waals surface area (Å²) in [7, 11) is 0. The van der Waals surface area contributed by atoms with E-state index in [4.69, 9.17) is 0 Å². The minimum Gasteiger partial charge on any atom is -0.349 e. The number of hydrogen-bond donors (Lipinski definition) is 1. The average Bonchev–Trinajstić information content (AvgIpc) is 2.82. The molecular formula is C17H20F2N2O3. The highest BCUT2D eigenvalue weighted by atomic mass is 19.2. The second-order valence-corrected chi connectivity index (χ2v) is 7.68. The van der Waals surface area contributed by atoms with Gasteiger partial charge in [-0.2, -0.15) is 0 Å². The maximum absolute atomic E-state index is 13.5. The molecule has 24 heavy (non-hydrogen) atoms. The lowest BCUT2D eigenvalue weighted by Crippen LogP contribution is -2.47. The van der Waals surface area contributed by atoms with Crippen molar-refractivity contribution in [3.8, 4) is 0 Å². The van der Waals surface area contributed by atoms with E-state index in [0.717, 1.165) is 19.3 Å². The first-order valence-electron chi connectivity index (χ1n) is 8.02. The zero-order valence-electron chi connectivity index (χ0n) is 13.9. The monoisotopic (exact) mass is 338 g/mol. The van der Waals surface area contributed by atoms with Gasteiger partial charge in [-0.3, -0.25) is 14.9 Å². The van der Waals surface area contributed by atoms with Gasteiger partial charge in [-0.15, -0.1) is 0 Å². The predicted molar refractivity (Wildman–Crippen MR) is 83.5 cm³/mol. The second-order valence-electron chi connectivity index (χ2n) is 7.68. The molecule has 2 aliphatic carbocycles. The number of halogens is 2. The molecule has 1 aromatic carbocycles. The van der Waals surface area contributed by atoms with Crippen molar-refractivity contribution in [2.75, 3.05) is 0 Å². The number of rotatable bonds is 3. The van der Waals surface area contributed by atoms with Gasteiger partial charge in [0.2, 0.25) is 0 Å². The summed E-state index contributed by atoms with van der Waals surface area (Å²) in [5.74, 6) is -2.86. The number of carbonyl (C=O) groups excluding carboxylic acids is 1. The Morgan fingerprint density at radius 3 is 2.42 bits per heavy atom. The molecule has 0 saturated heterocycles. The third-order valence-corrected chi connectivity index (χ3v) is 6.58. The smallest absolute Gasteiger partial charge is 0.285 e. The Kier molecular flexibility index (Phi) is 3.66. The first kappa shape index (κ1) is 16.8. The van der Waals surface area contributed by atoms with Crippen LogP contribution in [0.3, 0.4) is 0 Å². The number of benzene rings is 1. The molecule has 0 aromatic heterocycles. The zero-order valence-corrected chi connectivity index (χ0v) is 13.9. The lowest BCUT2D eigenvalue weighted by Gasteiger charge is -2.39. The van der Waals surface area contributed by atoms with Crippen molar-refractivity contribution < 1.29 is 18.5 Å². The normalized spacial score (nSPS) is 30.4. The van der Waals surface area contributed by atoms with Gasteiger partial charge in [0.1, 0.15) is 5.56 Å². The van der Waals surface area contributed by atoms with E-state index < -0.39 is 33.7 Å². The molecule has 1 aromatic rings. The average molecular weight is 338 g/mol. The van der Waals surface area contributed by atoms with Crippen LogP contribution in [0.15, 0.2) is 12.1 Å². The highest BCUT2D eigenvalue weighted by Gasteiger charge is 2.61. The van der Waals surface area contributed by atoms with E-state index in [2.05, 4.69) is 26.1 Å². The van der Waals surface area contributed by atoms with Crippen molar-refractivity contribution in [3.05, 3.63) is 39.4 Å². The van der Waals surface area contributed by atoms with Crippen molar-refractivity contribution in [2.24, 2.45) is 16.7 Å². The SMILES string of the molecule is CC1(C)C2CCC1(C)C(NC(=O)c1cc(F)c(F)cc1[N+](=O)[O-])C2. The van der Waals surface area contributed by atoms with E-state index in [-0.39, 0.29) is 16.9 Å². The minimum absolute atomic E-state index is 0.0604. The molecule has 2 fully saturated rings. The van der Waals surface area contributed by atoms with Crippen LogP contribution in [-0.4, -0.2) is 16.9 Å². The van der Waals surface area contributed by atoms with Crippen LogP contribution < -0.4 is 5.32 Å². The third-order valence-electron chi connectivity index (χ3n) is 6.58. The maximum Gasteiger partial charge on any atom is 0.285 e. The summed E-state index contributed by atoms with van der Waals surface area (Å²) in [4.78, 5) is 22.7. The highest BCUT2D eigenvalue weighted by Crippen LogP contribution is 2.65. The van der Waals surface area contributed by atoms with Gasteiger partial charge in [0.15, 0.2) is 11.6 Å². The van der Waals surface area contributed by atoms with Crippen molar-refractivity contribution >= 4 is 11.6 Å². The second kappa shape index (κ2) is 5.22. The van der Waals surface area contributed by atoms with Gasteiger partial charge in [0, 0.05) is 6.04 Å². The number of nitro benzene ring substituents is 1. The Morgan fingerprint density at radius 1 is 1.29 bits per heavy atom. The Bertz CT molecular complexity index is 735. The Labute approximate surface area is 138 Å². The molecule has 3 atom stereocenters. The number of amides is 1. The summed E-state index contributed by atoms with van der Waals surface area (Å²) in [5, 5.41) is 13.9. The van der Waals surface area contributed by atoms with Gasteiger partial charge in [-0.1, -0.05) is 20.8 Å². The lowest BCUT2D eigenvalue weighted by atomic mass is 9.69. The molecule has 0 radical (unpaired) electrons. The van der Waals surface area contributed by atoms with Crippen LogP contribution in [0.4, 0.5) is 14.5 Å². The summed E-state index contributed by atoms with van der Waals surface area (Å²) in [5.41, 5.74) is -1.21. The number of nitrogens with zero attached hydrogens (tertiary/aromatic N) is 1. The topological polar surface area (TPSA) is 72.2 Å².